The summed E-state index contributed by atoms with van der Waals surface area (Å²) < 4.78 is 7.60. The number of hydrogen-bond donors (Lipinski definition) is 2. The van der Waals surface area contributed by atoms with E-state index in [0.717, 1.165) is 31.6 Å². The highest BCUT2D eigenvalue weighted by Gasteiger charge is 2.38. The molecular weight excluding hydrogens is 204 g/mol. The fraction of sp³-hybridized carbons (Fsp3) is 0.727. The van der Waals surface area contributed by atoms with Crippen molar-refractivity contribution in [2.24, 2.45) is 12.9 Å². The van der Waals surface area contributed by atoms with Crippen molar-refractivity contribution in [1.82, 2.24) is 15.2 Å². The molecule has 2 atom stereocenters. The predicted molar refractivity (Wildman–Crippen MR) is 61.6 cm³/mol. The summed E-state index contributed by atoms with van der Waals surface area (Å²) >= 11 is 0. The van der Waals surface area contributed by atoms with Crippen molar-refractivity contribution in [3.63, 3.8) is 0 Å². The van der Waals surface area contributed by atoms with Crippen LogP contribution in [-0.4, -0.2) is 28.0 Å². The number of hydrogen-bond acceptors (Lipinski definition) is 4. The highest BCUT2D eigenvalue weighted by atomic mass is 16.5. The highest BCUT2D eigenvalue weighted by Crippen LogP contribution is 2.29. The van der Waals surface area contributed by atoms with Crippen LogP contribution in [0.2, 0.25) is 0 Å². The van der Waals surface area contributed by atoms with Crippen LogP contribution in [0, 0.1) is 0 Å². The van der Waals surface area contributed by atoms with E-state index in [4.69, 9.17) is 10.6 Å². The summed E-state index contributed by atoms with van der Waals surface area (Å²) in [4.78, 5) is 0. The average Bonchev–Trinajstić information content (AvgIpc) is 2.85. The van der Waals surface area contributed by atoms with Gasteiger partial charge in [-0.3, -0.25) is 16.0 Å². The summed E-state index contributed by atoms with van der Waals surface area (Å²) in [5, 5.41) is 4.37. The largest absolute Gasteiger partial charge is 0.374 e. The van der Waals surface area contributed by atoms with E-state index in [1.54, 1.807) is 4.68 Å². The van der Waals surface area contributed by atoms with Crippen LogP contribution in [0.3, 0.4) is 0 Å². The van der Waals surface area contributed by atoms with Crippen LogP contribution in [0.4, 0.5) is 0 Å². The maximum Gasteiger partial charge on any atom is 0.0824 e. The minimum atomic E-state index is -0.160. The maximum absolute atomic E-state index is 5.80. The Morgan fingerprint density at radius 1 is 1.75 bits per heavy atom. The molecule has 0 radical (unpaired) electrons. The molecular formula is C11H20N4O. The Kier molecular flexibility index (Phi) is 3.28. The van der Waals surface area contributed by atoms with Gasteiger partial charge in [0, 0.05) is 26.3 Å². The first-order valence-corrected chi connectivity index (χ1v) is 5.73. The van der Waals surface area contributed by atoms with Crippen molar-refractivity contribution >= 4 is 0 Å². The van der Waals surface area contributed by atoms with Crippen LogP contribution in [-0.2, 0) is 18.2 Å². The van der Waals surface area contributed by atoms with E-state index in [1.807, 2.05) is 19.3 Å². The van der Waals surface area contributed by atoms with E-state index in [0.29, 0.717) is 0 Å². The Morgan fingerprint density at radius 3 is 3.06 bits per heavy atom. The smallest absolute Gasteiger partial charge is 0.0824 e. The summed E-state index contributed by atoms with van der Waals surface area (Å²) in [6, 6.07) is 2.13. The first-order chi connectivity index (χ1) is 7.64. The van der Waals surface area contributed by atoms with E-state index in [2.05, 4.69) is 17.4 Å². The molecule has 3 N–H and O–H groups in total. The van der Waals surface area contributed by atoms with Gasteiger partial charge < -0.3 is 4.74 Å². The van der Waals surface area contributed by atoms with Gasteiger partial charge in [-0.25, -0.2) is 0 Å². The Hall–Kier alpha value is -0.910. The van der Waals surface area contributed by atoms with Crippen LogP contribution in [0.25, 0.3) is 0 Å². The van der Waals surface area contributed by atoms with Gasteiger partial charge in [-0.2, -0.15) is 5.10 Å². The first kappa shape index (κ1) is 11.6. The standard InChI is InChI=1S/C11H20N4O/c1-11(5-3-7-16-11)10(13-12)8-9-4-6-15(2)14-9/h4,6,10,13H,3,5,7-8,12H2,1-2H3. The highest BCUT2D eigenvalue weighted by molar-refractivity contribution is 5.05. The second-order valence-electron chi connectivity index (χ2n) is 4.67. The molecule has 2 unspecified atom stereocenters. The van der Waals surface area contributed by atoms with Crippen molar-refractivity contribution in [2.45, 2.75) is 37.8 Å². The van der Waals surface area contributed by atoms with Gasteiger partial charge in [0.1, 0.15) is 0 Å². The lowest BCUT2D eigenvalue weighted by Gasteiger charge is -2.32. The van der Waals surface area contributed by atoms with Gasteiger partial charge in [0.05, 0.1) is 17.3 Å². The molecule has 1 aliphatic rings. The van der Waals surface area contributed by atoms with Crippen molar-refractivity contribution in [2.75, 3.05) is 6.61 Å². The Balaban J connectivity index is 2.05. The van der Waals surface area contributed by atoms with Crippen LogP contribution < -0.4 is 11.3 Å². The third kappa shape index (κ3) is 2.26. The molecule has 90 valence electrons. The van der Waals surface area contributed by atoms with Gasteiger partial charge >= 0.3 is 0 Å². The zero-order valence-corrected chi connectivity index (χ0v) is 9.94. The van der Waals surface area contributed by atoms with E-state index in [9.17, 15) is 0 Å². The van der Waals surface area contributed by atoms with Crippen LogP contribution >= 0.6 is 0 Å². The molecule has 5 heteroatoms. The summed E-state index contributed by atoms with van der Waals surface area (Å²) in [6.45, 7) is 2.95. The van der Waals surface area contributed by atoms with Gasteiger partial charge in [0.25, 0.3) is 0 Å². The minimum absolute atomic E-state index is 0.116. The Labute approximate surface area is 95.9 Å². The van der Waals surface area contributed by atoms with Crippen LogP contribution in [0.5, 0.6) is 0 Å². The monoisotopic (exact) mass is 224 g/mol. The lowest BCUT2D eigenvalue weighted by molar-refractivity contribution is -0.0117. The zero-order chi connectivity index (χ0) is 11.6. The summed E-state index contributed by atoms with van der Waals surface area (Å²) in [6.07, 6.45) is 4.90. The van der Waals surface area contributed by atoms with Crippen LogP contribution in [0.1, 0.15) is 25.5 Å². The summed E-state index contributed by atoms with van der Waals surface area (Å²) in [5.74, 6) is 5.63. The lowest BCUT2D eigenvalue weighted by Crippen LogP contribution is -2.52. The third-order valence-electron chi connectivity index (χ3n) is 3.37. The molecule has 0 saturated carbocycles. The zero-order valence-electron chi connectivity index (χ0n) is 9.94. The molecule has 16 heavy (non-hydrogen) atoms. The van der Waals surface area contributed by atoms with Crippen molar-refractivity contribution in [3.8, 4) is 0 Å². The van der Waals surface area contributed by atoms with Crippen molar-refractivity contribution in [1.29, 1.82) is 0 Å². The third-order valence-corrected chi connectivity index (χ3v) is 3.37. The fourth-order valence-corrected chi connectivity index (χ4v) is 2.31. The average molecular weight is 224 g/mol. The van der Waals surface area contributed by atoms with Gasteiger partial charge in [0.2, 0.25) is 0 Å². The van der Waals surface area contributed by atoms with Gasteiger partial charge in [-0.05, 0) is 25.8 Å². The topological polar surface area (TPSA) is 65.1 Å². The van der Waals surface area contributed by atoms with Crippen molar-refractivity contribution < 1.29 is 4.74 Å². The number of nitrogens with one attached hydrogen (secondary N) is 1. The molecule has 0 aromatic carbocycles. The molecule has 0 spiro atoms. The normalized spacial score (nSPS) is 27.2. The number of nitrogens with zero attached hydrogens (tertiary/aromatic N) is 2. The number of rotatable bonds is 4. The first-order valence-electron chi connectivity index (χ1n) is 5.73. The molecule has 1 aromatic heterocycles. The number of ether oxygens (including phenoxy) is 1. The Bertz CT molecular complexity index is 344. The van der Waals surface area contributed by atoms with Gasteiger partial charge in [-0.1, -0.05) is 0 Å². The quantitative estimate of drug-likeness (QED) is 0.572. The SMILES string of the molecule is Cn1ccc(CC(NN)C2(C)CCCO2)n1. The molecule has 2 rings (SSSR count). The second kappa shape index (κ2) is 4.53. The molecule has 2 heterocycles. The van der Waals surface area contributed by atoms with E-state index in [1.165, 1.54) is 0 Å². The molecule has 0 bridgehead atoms. The molecule has 0 aliphatic carbocycles. The number of hydrazine groups is 1. The molecule has 1 aromatic rings. The Morgan fingerprint density at radius 2 is 2.56 bits per heavy atom. The second-order valence-corrected chi connectivity index (χ2v) is 4.67. The molecule has 1 saturated heterocycles. The molecule has 1 fully saturated rings. The molecule has 5 nitrogen and oxygen atoms in total. The summed E-state index contributed by atoms with van der Waals surface area (Å²) in [7, 11) is 1.92. The van der Waals surface area contributed by atoms with E-state index in [-0.39, 0.29) is 11.6 Å². The van der Waals surface area contributed by atoms with Gasteiger partial charge in [0.15, 0.2) is 0 Å². The van der Waals surface area contributed by atoms with Gasteiger partial charge in [-0.15, -0.1) is 0 Å². The molecule has 0 amide bonds. The maximum atomic E-state index is 5.80. The summed E-state index contributed by atoms with van der Waals surface area (Å²) in [5.41, 5.74) is 3.75. The van der Waals surface area contributed by atoms with E-state index >= 15 is 0 Å². The van der Waals surface area contributed by atoms with E-state index < -0.39 is 0 Å². The van der Waals surface area contributed by atoms with Crippen LogP contribution in [0.15, 0.2) is 12.3 Å². The minimum Gasteiger partial charge on any atom is -0.374 e. The number of nitrogens with two attached hydrogens (primary N) is 1. The number of aryl methyl sites for hydroxylation is 1. The predicted octanol–water partition coefficient (Wildman–Crippen LogP) is 0.364. The van der Waals surface area contributed by atoms with Crippen molar-refractivity contribution in [3.05, 3.63) is 18.0 Å². The lowest BCUT2D eigenvalue weighted by atomic mass is 9.90. The molecule has 1 aliphatic heterocycles. The number of aromatic nitrogens is 2. The fourth-order valence-electron chi connectivity index (χ4n) is 2.31.